The predicted octanol–water partition coefficient (Wildman–Crippen LogP) is -1.15. The molecule has 0 aromatic rings. The normalized spacial score (nSPS) is 33.7. The Morgan fingerprint density at radius 1 is 1.70 bits per heavy atom. The van der Waals surface area contributed by atoms with E-state index in [0.717, 1.165) is 6.54 Å². The molecule has 0 radical (unpaired) electrons. The first-order valence-electron chi connectivity index (χ1n) is 3.35. The monoisotopic (exact) mass is 144 g/mol. The lowest BCUT2D eigenvalue weighted by Gasteiger charge is -2.26. The molecule has 0 spiro atoms. The smallest absolute Gasteiger partial charge is 0.247 e. The number of nitrogens with one attached hydrogen (secondary N) is 1. The maximum atomic E-state index is 10.6. The fourth-order valence-corrected chi connectivity index (χ4v) is 0.962. The maximum absolute atomic E-state index is 10.6. The van der Waals surface area contributed by atoms with Crippen LogP contribution in [0.2, 0.25) is 0 Å². The average Bonchev–Trinajstić information content (AvgIpc) is 1.88. The van der Waals surface area contributed by atoms with Crippen molar-refractivity contribution in [3.63, 3.8) is 0 Å². The Kier molecular flexibility index (Phi) is 2.24. The van der Waals surface area contributed by atoms with E-state index < -0.39 is 6.10 Å². The molecule has 1 aliphatic heterocycles. The van der Waals surface area contributed by atoms with E-state index in [1.165, 1.54) is 0 Å². The van der Waals surface area contributed by atoms with Crippen LogP contribution in [0.15, 0.2) is 0 Å². The lowest BCUT2D eigenvalue weighted by Crippen LogP contribution is -2.49. The summed E-state index contributed by atoms with van der Waals surface area (Å²) in [6.07, 6.45) is -0.352. The zero-order valence-corrected chi connectivity index (χ0v) is 5.96. The number of hydrogen-bond acceptors (Lipinski definition) is 3. The molecule has 0 saturated carbocycles. The van der Waals surface area contributed by atoms with Crippen molar-refractivity contribution in [3.05, 3.63) is 0 Å². The second-order valence-electron chi connectivity index (χ2n) is 2.50. The summed E-state index contributed by atoms with van der Waals surface area (Å²) in [7, 11) is 0. The van der Waals surface area contributed by atoms with Crippen LogP contribution in [0.1, 0.15) is 6.92 Å². The largest absolute Gasteiger partial charge is 0.367 e. The van der Waals surface area contributed by atoms with Crippen LogP contribution >= 0.6 is 0 Å². The van der Waals surface area contributed by atoms with Crippen LogP contribution in [0, 0.1) is 0 Å². The number of nitrogens with two attached hydrogens (primary N) is 1. The highest BCUT2D eigenvalue weighted by Crippen LogP contribution is 2.01. The molecule has 0 unspecified atom stereocenters. The van der Waals surface area contributed by atoms with Gasteiger partial charge in [-0.15, -0.1) is 0 Å². The Hall–Kier alpha value is -0.610. The molecule has 0 aromatic heterocycles. The first kappa shape index (κ1) is 7.50. The van der Waals surface area contributed by atoms with Crippen LogP contribution in [-0.2, 0) is 9.53 Å². The standard InChI is InChI=1S/C6H12N2O2/c1-4-2-8-3-5(10-4)6(7)9/h4-5,8H,2-3H2,1H3,(H2,7,9)/t4-,5-/m0/s1. The van der Waals surface area contributed by atoms with Gasteiger partial charge >= 0.3 is 0 Å². The molecule has 1 amide bonds. The zero-order chi connectivity index (χ0) is 7.56. The van der Waals surface area contributed by atoms with E-state index >= 15 is 0 Å². The van der Waals surface area contributed by atoms with Crippen LogP contribution in [0.3, 0.4) is 0 Å². The number of primary amides is 1. The van der Waals surface area contributed by atoms with Gasteiger partial charge in [-0.2, -0.15) is 0 Å². The summed E-state index contributed by atoms with van der Waals surface area (Å²) in [5, 5.41) is 3.04. The second kappa shape index (κ2) is 2.98. The number of amides is 1. The summed E-state index contributed by atoms with van der Waals surface area (Å²) in [6, 6.07) is 0. The summed E-state index contributed by atoms with van der Waals surface area (Å²) >= 11 is 0. The van der Waals surface area contributed by atoms with Crippen molar-refractivity contribution >= 4 is 5.91 Å². The van der Waals surface area contributed by atoms with Crippen LogP contribution < -0.4 is 11.1 Å². The van der Waals surface area contributed by atoms with Crippen molar-refractivity contribution in [3.8, 4) is 0 Å². The first-order valence-corrected chi connectivity index (χ1v) is 3.35. The van der Waals surface area contributed by atoms with Crippen molar-refractivity contribution in [2.75, 3.05) is 13.1 Å². The number of hydrogen-bond donors (Lipinski definition) is 2. The van der Waals surface area contributed by atoms with Gasteiger partial charge < -0.3 is 15.8 Å². The first-order chi connectivity index (χ1) is 4.70. The Morgan fingerprint density at radius 2 is 2.40 bits per heavy atom. The van der Waals surface area contributed by atoms with Gasteiger partial charge in [-0.1, -0.05) is 0 Å². The molecule has 1 heterocycles. The van der Waals surface area contributed by atoms with E-state index in [1.54, 1.807) is 0 Å². The molecule has 3 N–H and O–H groups in total. The third-order valence-electron chi connectivity index (χ3n) is 1.48. The summed E-state index contributed by atoms with van der Waals surface area (Å²) < 4.78 is 5.21. The highest BCUT2D eigenvalue weighted by atomic mass is 16.5. The molecule has 0 bridgehead atoms. The summed E-state index contributed by atoms with van der Waals surface area (Å²) in [6.45, 7) is 3.24. The van der Waals surface area contributed by atoms with Gasteiger partial charge in [-0.25, -0.2) is 0 Å². The number of ether oxygens (including phenoxy) is 1. The van der Waals surface area contributed by atoms with E-state index in [2.05, 4.69) is 5.32 Å². The number of morpholine rings is 1. The summed E-state index contributed by atoms with van der Waals surface area (Å²) in [4.78, 5) is 10.6. The lowest BCUT2D eigenvalue weighted by atomic mass is 10.2. The molecular formula is C6H12N2O2. The topological polar surface area (TPSA) is 64.3 Å². The van der Waals surface area contributed by atoms with Crippen LogP contribution in [0.4, 0.5) is 0 Å². The SMILES string of the molecule is C[C@H]1CNC[C@@H](C(N)=O)O1. The second-order valence-corrected chi connectivity index (χ2v) is 2.50. The Labute approximate surface area is 59.7 Å². The van der Waals surface area contributed by atoms with E-state index in [9.17, 15) is 4.79 Å². The molecule has 1 aliphatic rings. The van der Waals surface area contributed by atoms with Crippen LogP contribution in [0.5, 0.6) is 0 Å². The van der Waals surface area contributed by atoms with Crippen LogP contribution in [-0.4, -0.2) is 31.2 Å². The number of rotatable bonds is 1. The van der Waals surface area contributed by atoms with Gasteiger partial charge in [0.1, 0.15) is 6.10 Å². The minimum Gasteiger partial charge on any atom is -0.367 e. The van der Waals surface area contributed by atoms with Gasteiger partial charge in [0.2, 0.25) is 5.91 Å². The molecule has 0 aliphatic carbocycles. The third kappa shape index (κ3) is 1.68. The molecule has 1 rings (SSSR count). The maximum Gasteiger partial charge on any atom is 0.247 e. The van der Waals surface area contributed by atoms with Gasteiger partial charge in [0.15, 0.2) is 0 Å². The predicted molar refractivity (Wildman–Crippen MR) is 36.4 cm³/mol. The van der Waals surface area contributed by atoms with E-state index in [-0.39, 0.29) is 12.0 Å². The molecule has 4 heteroatoms. The van der Waals surface area contributed by atoms with Crippen molar-refractivity contribution in [1.82, 2.24) is 5.32 Å². The minimum absolute atomic E-state index is 0.0891. The fourth-order valence-electron chi connectivity index (χ4n) is 0.962. The lowest BCUT2D eigenvalue weighted by molar-refractivity contribution is -0.135. The van der Waals surface area contributed by atoms with Gasteiger partial charge in [0.05, 0.1) is 6.10 Å². The van der Waals surface area contributed by atoms with Gasteiger partial charge in [-0.05, 0) is 6.92 Å². The minimum atomic E-state index is -0.441. The highest BCUT2D eigenvalue weighted by molar-refractivity contribution is 5.79. The molecule has 2 atom stereocenters. The quantitative estimate of drug-likeness (QED) is 0.488. The molecule has 1 saturated heterocycles. The van der Waals surface area contributed by atoms with Crippen molar-refractivity contribution in [1.29, 1.82) is 0 Å². The fraction of sp³-hybridized carbons (Fsp3) is 0.833. The van der Waals surface area contributed by atoms with Crippen molar-refractivity contribution in [2.24, 2.45) is 5.73 Å². The van der Waals surface area contributed by atoms with E-state index in [4.69, 9.17) is 10.5 Å². The van der Waals surface area contributed by atoms with Crippen molar-refractivity contribution in [2.45, 2.75) is 19.1 Å². The van der Waals surface area contributed by atoms with Gasteiger partial charge in [0.25, 0.3) is 0 Å². The number of carbonyl (C=O) groups excluding carboxylic acids is 1. The number of carbonyl (C=O) groups is 1. The summed E-state index contributed by atoms with van der Waals surface area (Å²) in [5.74, 6) is -0.390. The van der Waals surface area contributed by atoms with Gasteiger partial charge in [-0.3, -0.25) is 4.79 Å². The zero-order valence-electron chi connectivity index (χ0n) is 5.96. The molecular weight excluding hydrogens is 132 g/mol. The third-order valence-corrected chi connectivity index (χ3v) is 1.48. The Morgan fingerprint density at radius 3 is 2.80 bits per heavy atom. The molecule has 0 aromatic carbocycles. The summed E-state index contributed by atoms with van der Waals surface area (Å²) in [5.41, 5.74) is 5.03. The average molecular weight is 144 g/mol. The molecule has 10 heavy (non-hydrogen) atoms. The van der Waals surface area contributed by atoms with Crippen LogP contribution in [0.25, 0.3) is 0 Å². The molecule has 4 nitrogen and oxygen atoms in total. The Balaban J connectivity index is 2.39. The Bertz CT molecular complexity index is 138. The van der Waals surface area contributed by atoms with Gasteiger partial charge in [0, 0.05) is 13.1 Å². The molecule has 58 valence electrons. The highest BCUT2D eigenvalue weighted by Gasteiger charge is 2.22. The van der Waals surface area contributed by atoms with E-state index in [1.807, 2.05) is 6.92 Å². The van der Waals surface area contributed by atoms with Crippen molar-refractivity contribution < 1.29 is 9.53 Å². The van der Waals surface area contributed by atoms with E-state index in [0.29, 0.717) is 6.54 Å². The molecule has 1 fully saturated rings.